The van der Waals surface area contributed by atoms with E-state index >= 15 is 0 Å². The molecule has 1 aliphatic rings. The van der Waals surface area contributed by atoms with Crippen LogP contribution in [0.25, 0.3) is 21.8 Å². The van der Waals surface area contributed by atoms with E-state index in [1.807, 2.05) is 30.5 Å². The molecular weight excluding hydrogens is 394 g/mol. The molecule has 1 fully saturated rings. The lowest BCUT2D eigenvalue weighted by Crippen LogP contribution is -2.12. The first-order valence-corrected chi connectivity index (χ1v) is 10.1. The molecule has 0 saturated heterocycles. The summed E-state index contributed by atoms with van der Waals surface area (Å²) in [6.07, 6.45) is 6.33. The van der Waals surface area contributed by atoms with E-state index in [0.717, 1.165) is 23.7 Å². The third-order valence-electron chi connectivity index (χ3n) is 5.61. The minimum absolute atomic E-state index is 0.124. The highest BCUT2D eigenvalue weighted by atomic mass is 16.5. The van der Waals surface area contributed by atoms with E-state index < -0.39 is 5.91 Å². The SMILES string of the molecule is COc1cc2nccc(Oc3ccc4c(ccn4C(=O)CC4CC4)c3)c2cc1C(N)=O. The summed E-state index contributed by atoms with van der Waals surface area (Å²) in [6, 6.07) is 12.5. The largest absolute Gasteiger partial charge is 0.496 e. The van der Waals surface area contributed by atoms with Crippen LogP contribution in [0.5, 0.6) is 17.2 Å². The average molecular weight is 415 g/mol. The zero-order valence-corrected chi connectivity index (χ0v) is 17.0. The molecule has 1 aliphatic carbocycles. The zero-order valence-electron chi connectivity index (χ0n) is 17.0. The maximum absolute atomic E-state index is 12.5. The van der Waals surface area contributed by atoms with Gasteiger partial charge in [-0.05, 0) is 55.2 Å². The molecule has 2 heterocycles. The molecule has 0 atom stereocenters. The van der Waals surface area contributed by atoms with Gasteiger partial charge in [-0.1, -0.05) is 0 Å². The Bertz CT molecular complexity index is 1340. The lowest BCUT2D eigenvalue weighted by Gasteiger charge is -2.12. The van der Waals surface area contributed by atoms with Crippen LogP contribution in [0.15, 0.2) is 54.9 Å². The van der Waals surface area contributed by atoms with Gasteiger partial charge in [0.15, 0.2) is 0 Å². The van der Waals surface area contributed by atoms with Crippen LogP contribution >= 0.6 is 0 Å². The fourth-order valence-corrected chi connectivity index (χ4v) is 3.79. The van der Waals surface area contributed by atoms with Crippen molar-refractivity contribution in [2.75, 3.05) is 7.11 Å². The van der Waals surface area contributed by atoms with Gasteiger partial charge in [-0.25, -0.2) is 0 Å². The molecule has 0 bridgehead atoms. The predicted octanol–water partition coefficient (Wildman–Crippen LogP) is 4.53. The summed E-state index contributed by atoms with van der Waals surface area (Å²) >= 11 is 0. The number of methoxy groups -OCH3 is 1. The molecule has 2 aromatic carbocycles. The molecule has 5 rings (SSSR count). The second-order valence-corrected chi connectivity index (χ2v) is 7.79. The third-order valence-corrected chi connectivity index (χ3v) is 5.61. The van der Waals surface area contributed by atoms with Gasteiger partial charge in [0.25, 0.3) is 5.91 Å². The first-order valence-electron chi connectivity index (χ1n) is 10.1. The predicted molar refractivity (Wildman–Crippen MR) is 117 cm³/mol. The Morgan fingerprint density at radius 2 is 1.97 bits per heavy atom. The van der Waals surface area contributed by atoms with Crippen molar-refractivity contribution in [3.05, 3.63) is 60.4 Å². The summed E-state index contributed by atoms with van der Waals surface area (Å²) in [4.78, 5) is 28.7. The molecule has 31 heavy (non-hydrogen) atoms. The van der Waals surface area contributed by atoms with Crippen molar-refractivity contribution in [1.29, 1.82) is 0 Å². The maximum Gasteiger partial charge on any atom is 0.252 e. The summed E-state index contributed by atoms with van der Waals surface area (Å²) in [6.45, 7) is 0. The van der Waals surface area contributed by atoms with Crippen LogP contribution < -0.4 is 15.2 Å². The number of nitrogens with zero attached hydrogens (tertiary/aromatic N) is 2. The number of carbonyl (C=O) groups excluding carboxylic acids is 2. The fraction of sp³-hybridized carbons (Fsp3) is 0.208. The highest BCUT2D eigenvalue weighted by molar-refractivity contribution is 6.01. The summed E-state index contributed by atoms with van der Waals surface area (Å²) in [5, 5.41) is 1.56. The van der Waals surface area contributed by atoms with E-state index in [1.54, 1.807) is 29.0 Å². The molecule has 1 saturated carbocycles. The number of rotatable bonds is 6. The van der Waals surface area contributed by atoms with Gasteiger partial charge >= 0.3 is 0 Å². The number of nitrogens with two attached hydrogens (primary N) is 1. The zero-order chi connectivity index (χ0) is 21.5. The molecule has 0 aliphatic heterocycles. The molecule has 0 spiro atoms. The van der Waals surface area contributed by atoms with Crippen molar-refractivity contribution in [3.63, 3.8) is 0 Å². The summed E-state index contributed by atoms with van der Waals surface area (Å²) < 4.78 is 13.1. The van der Waals surface area contributed by atoms with Crippen LogP contribution in [0.4, 0.5) is 0 Å². The summed E-state index contributed by atoms with van der Waals surface area (Å²) in [7, 11) is 1.48. The number of ether oxygens (including phenoxy) is 2. The van der Waals surface area contributed by atoms with E-state index in [0.29, 0.717) is 40.5 Å². The number of fused-ring (bicyclic) bond motifs is 2. The lowest BCUT2D eigenvalue weighted by atomic mass is 10.1. The number of benzene rings is 2. The molecule has 2 N–H and O–H groups in total. The van der Waals surface area contributed by atoms with Crippen LogP contribution in [0.2, 0.25) is 0 Å². The van der Waals surface area contributed by atoms with Gasteiger partial charge in [-0.15, -0.1) is 0 Å². The maximum atomic E-state index is 12.5. The molecule has 7 nitrogen and oxygen atoms in total. The lowest BCUT2D eigenvalue weighted by molar-refractivity contribution is 0.0900. The van der Waals surface area contributed by atoms with E-state index in [4.69, 9.17) is 15.2 Å². The Morgan fingerprint density at radius 1 is 1.13 bits per heavy atom. The monoisotopic (exact) mass is 415 g/mol. The van der Waals surface area contributed by atoms with E-state index in [-0.39, 0.29) is 11.5 Å². The molecular formula is C24H21N3O4. The van der Waals surface area contributed by atoms with Crippen molar-refractivity contribution in [2.24, 2.45) is 11.7 Å². The minimum atomic E-state index is -0.591. The van der Waals surface area contributed by atoms with Gasteiger partial charge in [0.05, 0.1) is 23.7 Å². The van der Waals surface area contributed by atoms with Crippen molar-refractivity contribution in [1.82, 2.24) is 9.55 Å². The molecule has 2 aromatic heterocycles. The second-order valence-electron chi connectivity index (χ2n) is 7.79. The van der Waals surface area contributed by atoms with E-state index in [9.17, 15) is 9.59 Å². The third kappa shape index (κ3) is 3.59. The fourth-order valence-electron chi connectivity index (χ4n) is 3.79. The van der Waals surface area contributed by atoms with Gasteiger partial charge in [0.1, 0.15) is 17.2 Å². The van der Waals surface area contributed by atoms with E-state index in [1.165, 1.54) is 7.11 Å². The summed E-state index contributed by atoms with van der Waals surface area (Å²) in [5.41, 5.74) is 7.24. The molecule has 1 amide bonds. The second kappa shape index (κ2) is 7.43. The first-order chi connectivity index (χ1) is 15.0. The van der Waals surface area contributed by atoms with Crippen LogP contribution in [0.3, 0.4) is 0 Å². The Labute approximate surface area is 178 Å². The standard InChI is InChI=1S/C24H21N3O4/c1-30-22-13-19-17(12-18(22)24(25)29)21(6-8-26-19)31-16-4-5-20-15(11-16)7-9-27(20)23(28)10-14-2-3-14/h4-9,11-14H,2-3,10H2,1H3,(H2,25,29). The van der Waals surface area contributed by atoms with Crippen molar-refractivity contribution >= 4 is 33.6 Å². The number of primary amides is 1. The molecule has 4 aromatic rings. The number of carbonyl (C=O) groups is 2. The highest BCUT2D eigenvalue weighted by Crippen LogP contribution is 2.35. The van der Waals surface area contributed by atoms with Crippen LogP contribution in [-0.2, 0) is 0 Å². The molecule has 0 radical (unpaired) electrons. The van der Waals surface area contributed by atoms with Gasteiger partial charge in [-0.3, -0.25) is 19.1 Å². The van der Waals surface area contributed by atoms with Crippen LogP contribution in [-0.4, -0.2) is 28.5 Å². The van der Waals surface area contributed by atoms with E-state index in [2.05, 4.69) is 4.98 Å². The molecule has 7 heteroatoms. The number of hydrogen-bond donors (Lipinski definition) is 1. The number of aromatic nitrogens is 2. The number of hydrogen-bond acceptors (Lipinski definition) is 5. The quantitative estimate of drug-likeness (QED) is 0.499. The molecule has 0 unspecified atom stereocenters. The number of pyridine rings is 1. The Kier molecular flexibility index (Phi) is 4.58. The topological polar surface area (TPSA) is 96.4 Å². The van der Waals surface area contributed by atoms with Gasteiger partial charge in [0, 0.05) is 35.7 Å². The van der Waals surface area contributed by atoms with Gasteiger partial charge < -0.3 is 15.2 Å². The van der Waals surface area contributed by atoms with Crippen LogP contribution in [0, 0.1) is 5.92 Å². The Balaban J connectivity index is 1.49. The number of amides is 1. The normalized spacial score (nSPS) is 13.5. The van der Waals surface area contributed by atoms with Crippen molar-refractivity contribution < 1.29 is 19.1 Å². The van der Waals surface area contributed by atoms with Crippen molar-refractivity contribution in [2.45, 2.75) is 19.3 Å². The molecule has 156 valence electrons. The van der Waals surface area contributed by atoms with Crippen LogP contribution in [0.1, 0.15) is 34.4 Å². The smallest absolute Gasteiger partial charge is 0.252 e. The van der Waals surface area contributed by atoms with Crippen molar-refractivity contribution in [3.8, 4) is 17.2 Å². The first kappa shape index (κ1) is 19.1. The summed E-state index contributed by atoms with van der Waals surface area (Å²) in [5.74, 6) is 1.59. The average Bonchev–Trinajstić information content (AvgIpc) is 3.48. The Morgan fingerprint density at radius 3 is 2.71 bits per heavy atom. The highest BCUT2D eigenvalue weighted by Gasteiger charge is 2.25. The Hall–Kier alpha value is -3.87. The van der Waals surface area contributed by atoms with Gasteiger partial charge in [-0.2, -0.15) is 0 Å². The van der Waals surface area contributed by atoms with Gasteiger partial charge in [0.2, 0.25) is 5.91 Å². The minimum Gasteiger partial charge on any atom is -0.496 e.